The summed E-state index contributed by atoms with van der Waals surface area (Å²) in [5.41, 5.74) is 3.79. The monoisotopic (exact) mass is 562 g/mol. The molecule has 1 amide bonds. The molecule has 1 aliphatic rings. The van der Waals surface area contributed by atoms with Crippen LogP contribution in [-0.2, 0) is 9.59 Å². The fraction of sp³-hybridized carbons (Fsp3) is 0.121. The van der Waals surface area contributed by atoms with Crippen molar-refractivity contribution in [2.24, 2.45) is 0 Å². The van der Waals surface area contributed by atoms with E-state index < -0.39 is 17.7 Å². The number of hydrogen-bond donors (Lipinski definition) is 1. The molecule has 0 radical (unpaired) electrons. The smallest absolute Gasteiger partial charge is 0.301 e. The van der Waals surface area contributed by atoms with Crippen molar-refractivity contribution in [2.75, 3.05) is 12.0 Å². The Morgan fingerprint density at radius 3 is 2.34 bits per heavy atom. The fourth-order valence-corrected chi connectivity index (χ4v) is 6.25. The first-order valence-electron chi connectivity index (χ1n) is 13.0. The standard InChI is InChI=1S/C33H26N2O5S/c1-19-16-20(2)28-26(17-19)41-33(34-28)35-29(22-8-7-11-25(18-22)40-24-9-5-4-6-10-24)27(31(37)32(35)38)30(36)21-12-14-23(39-3)15-13-21/h4-18,29,36H,1-3H3/b30-27+. The van der Waals surface area contributed by atoms with E-state index in [1.807, 2.05) is 62.4 Å². The number of fused-ring (bicyclic) bond motifs is 1. The van der Waals surface area contributed by atoms with Crippen molar-refractivity contribution in [1.29, 1.82) is 0 Å². The fourth-order valence-electron chi connectivity index (χ4n) is 5.08. The predicted molar refractivity (Wildman–Crippen MR) is 160 cm³/mol. The summed E-state index contributed by atoms with van der Waals surface area (Å²) >= 11 is 1.34. The molecule has 5 aromatic rings. The molecule has 1 unspecified atom stereocenters. The summed E-state index contributed by atoms with van der Waals surface area (Å²) in [5, 5.41) is 11.9. The number of carbonyl (C=O) groups excluding carboxylic acids is 2. The lowest BCUT2D eigenvalue weighted by Gasteiger charge is -2.23. The number of ether oxygens (including phenoxy) is 2. The Bertz CT molecular complexity index is 1830. The summed E-state index contributed by atoms with van der Waals surface area (Å²) in [7, 11) is 1.55. The van der Waals surface area contributed by atoms with Crippen LogP contribution in [0.1, 0.15) is 28.3 Å². The number of anilines is 1. The van der Waals surface area contributed by atoms with Crippen LogP contribution in [0.5, 0.6) is 17.2 Å². The first kappa shape index (κ1) is 26.3. The highest BCUT2D eigenvalue weighted by Crippen LogP contribution is 2.45. The number of aliphatic hydroxyl groups excluding tert-OH is 1. The molecular weight excluding hydrogens is 536 g/mol. The molecule has 1 N–H and O–H groups in total. The predicted octanol–water partition coefficient (Wildman–Crippen LogP) is 7.34. The van der Waals surface area contributed by atoms with Crippen molar-refractivity contribution in [3.05, 3.63) is 119 Å². The number of rotatable bonds is 6. The molecule has 0 saturated carbocycles. The lowest BCUT2D eigenvalue weighted by Crippen LogP contribution is -2.29. The first-order chi connectivity index (χ1) is 19.8. The van der Waals surface area contributed by atoms with Gasteiger partial charge in [-0.25, -0.2) is 4.98 Å². The van der Waals surface area contributed by atoms with Gasteiger partial charge in [-0.15, -0.1) is 0 Å². The highest BCUT2D eigenvalue weighted by Gasteiger charge is 2.48. The topological polar surface area (TPSA) is 89.0 Å². The molecule has 1 fully saturated rings. The van der Waals surface area contributed by atoms with Crippen molar-refractivity contribution < 1.29 is 24.2 Å². The molecular formula is C33H26N2O5S. The van der Waals surface area contributed by atoms with E-state index in [9.17, 15) is 14.7 Å². The van der Waals surface area contributed by atoms with Crippen LogP contribution in [0.4, 0.5) is 5.13 Å². The van der Waals surface area contributed by atoms with Gasteiger partial charge in [-0.3, -0.25) is 14.5 Å². The molecule has 6 rings (SSSR count). The molecule has 1 atom stereocenters. The summed E-state index contributed by atoms with van der Waals surface area (Å²) in [5.74, 6) is -0.0448. The highest BCUT2D eigenvalue weighted by molar-refractivity contribution is 7.22. The zero-order valence-electron chi connectivity index (χ0n) is 22.6. The quantitative estimate of drug-likeness (QED) is 0.132. The number of amides is 1. The largest absolute Gasteiger partial charge is 0.507 e. The second-order valence-electron chi connectivity index (χ2n) is 9.81. The van der Waals surface area contributed by atoms with Crippen LogP contribution in [-0.4, -0.2) is 28.9 Å². The molecule has 0 spiro atoms. The van der Waals surface area contributed by atoms with Gasteiger partial charge in [-0.05, 0) is 85.1 Å². The number of hydrogen-bond acceptors (Lipinski definition) is 7. The Labute approximate surface area is 240 Å². The SMILES string of the molecule is COc1ccc(/C(O)=C2\C(=O)C(=O)N(c3nc4c(C)cc(C)cc4s3)C2c2cccc(Oc3ccccc3)c2)cc1. The molecule has 4 aromatic carbocycles. The molecule has 8 heteroatoms. The van der Waals surface area contributed by atoms with Crippen LogP contribution in [0.3, 0.4) is 0 Å². The zero-order valence-corrected chi connectivity index (χ0v) is 23.4. The van der Waals surface area contributed by atoms with Gasteiger partial charge in [0.1, 0.15) is 23.0 Å². The summed E-state index contributed by atoms with van der Waals surface area (Å²) in [6, 6.07) is 26.3. The van der Waals surface area contributed by atoms with Gasteiger partial charge in [0.15, 0.2) is 5.13 Å². The van der Waals surface area contributed by atoms with E-state index in [1.54, 1.807) is 49.6 Å². The van der Waals surface area contributed by atoms with E-state index in [2.05, 4.69) is 0 Å². The Morgan fingerprint density at radius 1 is 0.878 bits per heavy atom. The molecule has 204 valence electrons. The lowest BCUT2D eigenvalue weighted by molar-refractivity contribution is -0.132. The molecule has 0 bridgehead atoms. The number of Topliss-reactive ketones (excluding diaryl/α,β-unsaturated/α-hetero) is 1. The number of aliphatic hydroxyl groups is 1. The summed E-state index contributed by atoms with van der Waals surface area (Å²) in [6.45, 7) is 3.98. The van der Waals surface area contributed by atoms with E-state index in [-0.39, 0.29) is 11.3 Å². The van der Waals surface area contributed by atoms with Crippen LogP contribution >= 0.6 is 11.3 Å². The van der Waals surface area contributed by atoms with Crippen molar-refractivity contribution in [3.63, 3.8) is 0 Å². The van der Waals surface area contributed by atoms with Gasteiger partial charge in [-0.2, -0.15) is 0 Å². The summed E-state index contributed by atoms with van der Waals surface area (Å²) in [6.07, 6.45) is 0. The van der Waals surface area contributed by atoms with Gasteiger partial charge in [0, 0.05) is 5.56 Å². The van der Waals surface area contributed by atoms with E-state index in [1.165, 1.54) is 16.2 Å². The molecule has 1 aromatic heterocycles. The van der Waals surface area contributed by atoms with Crippen LogP contribution < -0.4 is 14.4 Å². The number of carbonyl (C=O) groups is 2. The number of methoxy groups -OCH3 is 1. The minimum Gasteiger partial charge on any atom is -0.507 e. The van der Waals surface area contributed by atoms with Crippen molar-refractivity contribution in [1.82, 2.24) is 4.98 Å². The number of ketones is 1. The van der Waals surface area contributed by atoms with Crippen LogP contribution in [0.15, 0.2) is 96.6 Å². The third-order valence-corrected chi connectivity index (χ3v) is 7.99. The second kappa shape index (κ2) is 10.6. The van der Waals surface area contributed by atoms with Crippen molar-refractivity contribution >= 4 is 44.1 Å². The van der Waals surface area contributed by atoms with Crippen LogP contribution in [0.25, 0.3) is 16.0 Å². The lowest BCUT2D eigenvalue weighted by atomic mass is 9.95. The average Bonchev–Trinajstić information content (AvgIpc) is 3.51. The highest BCUT2D eigenvalue weighted by atomic mass is 32.1. The number of aromatic nitrogens is 1. The maximum absolute atomic E-state index is 13.7. The number of nitrogens with zero attached hydrogens (tertiary/aromatic N) is 2. The van der Waals surface area contributed by atoms with E-state index in [0.717, 1.165) is 21.3 Å². The van der Waals surface area contributed by atoms with Crippen molar-refractivity contribution in [2.45, 2.75) is 19.9 Å². The molecule has 2 heterocycles. The summed E-state index contributed by atoms with van der Waals surface area (Å²) < 4.78 is 12.2. The molecule has 1 aliphatic heterocycles. The Morgan fingerprint density at radius 2 is 1.61 bits per heavy atom. The number of thiazole rings is 1. The van der Waals surface area contributed by atoms with Gasteiger partial charge in [0.25, 0.3) is 5.78 Å². The second-order valence-corrected chi connectivity index (χ2v) is 10.8. The molecule has 1 saturated heterocycles. The zero-order chi connectivity index (χ0) is 28.7. The molecule has 0 aliphatic carbocycles. The van der Waals surface area contributed by atoms with Crippen LogP contribution in [0.2, 0.25) is 0 Å². The number of benzene rings is 4. The third-order valence-electron chi connectivity index (χ3n) is 6.99. The minimum atomic E-state index is -0.932. The number of para-hydroxylation sites is 1. The minimum absolute atomic E-state index is 0.0239. The average molecular weight is 563 g/mol. The Hall–Kier alpha value is -4.95. The van der Waals surface area contributed by atoms with Gasteiger partial charge < -0.3 is 14.6 Å². The van der Waals surface area contributed by atoms with Gasteiger partial charge in [-0.1, -0.05) is 47.7 Å². The summed E-state index contributed by atoms with van der Waals surface area (Å²) in [4.78, 5) is 33.5. The maximum atomic E-state index is 13.7. The van der Waals surface area contributed by atoms with E-state index in [0.29, 0.717) is 33.5 Å². The van der Waals surface area contributed by atoms with Crippen LogP contribution in [0, 0.1) is 13.8 Å². The first-order valence-corrected chi connectivity index (χ1v) is 13.8. The Kier molecular flexibility index (Phi) is 6.77. The maximum Gasteiger partial charge on any atom is 0.301 e. The third kappa shape index (κ3) is 4.83. The molecule has 7 nitrogen and oxygen atoms in total. The van der Waals surface area contributed by atoms with Crippen molar-refractivity contribution in [3.8, 4) is 17.2 Å². The molecule has 41 heavy (non-hydrogen) atoms. The van der Waals surface area contributed by atoms with Gasteiger partial charge in [0.05, 0.1) is 28.9 Å². The normalized spacial score (nSPS) is 16.4. The van der Waals surface area contributed by atoms with Gasteiger partial charge >= 0.3 is 5.91 Å². The van der Waals surface area contributed by atoms with Gasteiger partial charge in [0.2, 0.25) is 0 Å². The Balaban J connectivity index is 1.53. The van der Waals surface area contributed by atoms with E-state index >= 15 is 0 Å². The number of aryl methyl sites for hydroxylation is 2. The van der Waals surface area contributed by atoms with E-state index in [4.69, 9.17) is 14.5 Å².